The second-order valence-electron chi connectivity index (χ2n) is 5.58. The SMILES string of the molecule is CCCCNC(=O)COC(=O)c1ccc(Sc2nc(C)cs2)c([N+](=O)[O-])c1. The number of aromatic nitrogens is 1. The second kappa shape index (κ2) is 10.0. The van der Waals surface area contributed by atoms with Crippen LogP contribution in [-0.4, -0.2) is 34.9 Å². The third-order valence-electron chi connectivity index (χ3n) is 3.37. The number of unbranched alkanes of at least 4 members (excludes halogenated alkanes) is 1. The molecule has 2 rings (SSSR count). The molecule has 0 fully saturated rings. The minimum absolute atomic E-state index is 0.0164. The van der Waals surface area contributed by atoms with Crippen LogP contribution in [0.15, 0.2) is 32.8 Å². The van der Waals surface area contributed by atoms with Gasteiger partial charge in [-0.2, -0.15) is 0 Å². The zero-order valence-electron chi connectivity index (χ0n) is 14.9. The van der Waals surface area contributed by atoms with Gasteiger partial charge in [-0.1, -0.05) is 25.1 Å². The van der Waals surface area contributed by atoms with Gasteiger partial charge in [0.2, 0.25) is 0 Å². The number of esters is 1. The summed E-state index contributed by atoms with van der Waals surface area (Å²) in [6.45, 7) is 3.93. The molecule has 10 heteroatoms. The van der Waals surface area contributed by atoms with E-state index in [9.17, 15) is 19.7 Å². The van der Waals surface area contributed by atoms with Crippen LogP contribution in [0.4, 0.5) is 5.69 Å². The first kappa shape index (κ1) is 20.8. The Morgan fingerprint density at radius 3 is 2.81 bits per heavy atom. The Bertz CT molecular complexity index is 838. The predicted molar refractivity (Wildman–Crippen MR) is 102 cm³/mol. The summed E-state index contributed by atoms with van der Waals surface area (Å²) in [6, 6.07) is 4.07. The van der Waals surface area contributed by atoms with E-state index in [1.54, 1.807) is 0 Å². The summed E-state index contributed by atoms with van der Waals surface area (Å²) in [6.07, 6.45) is 1.78. The maximum absolute atomic E-state index is 12.1. The van der Waals surface area contributed by atoms with Crippen molar-refractivity contribution in [1.82, 2.24) is 10.3 Å². The van der Waals surface area contributed by atoms with Gasteiger partial charge in [-0.05, 0) is 25.5 Å². The van der Waals surface area contributed by atoms with Crippen LogP contribution in [-0.2, 0) is 9.53 Å². The summed E-state index contributed by atoms with van der Waals surface area (Å²) in [4.78, 5) is 39.1. The van der Waals surface area contributed by atoms with Gasteiger partial charge in [0.15, 0.2) is 10.9 Å². The molecule has 0 radical (unpaired) electrons. The summed E-state index contributed by atoms with van der Waals surface area (Å²) < 4.78 is 5.60. The molecule has 0 saturated carbocycles. The van der Waals surface area contributed by atoms with Crippen LogP contribution >= 0.6 is 23.1 Å². The molecule has 144 valence electrons. The van der Waals surface area contributed by atoms with Crippen molar-refractivity contribution in [2.24, 2.45) is 0 Å². The van der Waals surface area contributed by atoms with E-state index < -0.39 is 23.4 Å². The van der Waals surface area contributed by atoms with Gasteiger partial charge in [0, 0.05) is 23.7 Å². The lowest BCUT2D eigenvalue weighted by Gasteiger charge is -2.07. The number of benzene rings is 1. The Labute approximate surface area is 164 Å². The Morgan fingerprint density at radius 2 is 2.19 bits per heavy atom. The highest BCUT2D eigenvalue weighted by molar-refractivity contribution is 8.01. The maximum Gasteiger partial charge on any atom is 0.338 e. The molecule has 1 aromatic carbocycles. The molecule has 27 heavy (non-hydrogen) atoms. The molecule has 8 nitrogen and oxygen atoms in total. The number of thiazole rings is 1. The lowest BCUT2D eigenvalue weighted by Crippen LogP contribution is -2.29. The van der Waals surface area contributed by atoms with Crippen molar-refractivity contribution in [3.8, 4) is 0 Å². The number of hydrogen-bond acceptors (Lipinski definition) is 8. The monoisotopic (exact) mass is 409 g/mol. The fourth-order valence-electron chi connectivity index (χ4n) is 2.02. The van der Waals surface area contributed by atoms with Crippen molar-refractivity contribution in [3.05, 3.63) is 45.0 Å². The predicted octanol–water partition coefficient (Wildman–Crippen LogP) is 3.58. The van der Waals surface area contributed by atoms with Gasteiger partial charge in [0.25, 0.3) is 11.6 Å². The van der Waals surface area contributed by atoms with Gasteiger partial charge in [-0.3, -0.25) is 14.9 Å². The van der Waals surface area contributed by atoms with Gasteiger partial charge in [-0.25, -0.2) is 9.78 Å². The molecule has 0 aliphatic rings. The molecule has 1 amide bonds. The highest BCUT2D eigenvalue weighted by atomic mass is 32.2. The summed E-state index contributed by atoms with van der Waals surface area (Å²) in [5.74, 6) is -1.19. The van der Waals surface area contributed by atoms with Crippen LogP contribution in [0.1, 0.15) is 35.8 Å². The highest BCUT2D eigenvalue weighted by Gasteiger charge is 2.20. The first-order valence-corrected chi connectivity index (χ1v) is 9.92. The van der Waals surface area contributed by atoms with E-state index in [0.29, 0.717) is 15.8 Å². The average molecular weight is 409 g/mol. The molecule has 2 aromatic rings. The van der Waals surface area contributed by atoms with Gasteiger partial charge >= 0.3 is 5.97 Å². The summed E-state index contributed by atoms with van der Waals surface area (Å²) in [5.41, 5.74) is 0.639. The number of nitrogens with one attached hydrogen (secondary N) is 1. The smallest absolute Gasteiger partial charge is 0.338 e. The number of amides is 1. The lowest BCUT2D eigenvalue weighted by atomic mass is 10.2. The molecular weight excluding hydrogens is 390 g/mol. The van der Waals surface area contributed by atoms with Crippen molar-refractivity contribution in [2.45, 2.75) is 35.9 Å². The number of carbonyl (C=O) groups excluding carboxylic acids is 2. The third kappa shape index (κ3) is 6.33. The normalized spacial score (nSPS) is 10.4. The molecule has 0 spiro atoms. The van der Waals surface area contributed by atoms with Crippen molar-refractivity contribution in [2.75, 3.05) is 13.2 Å². The lowest BCUT2D eigenvalue weighted by molar-refractivity contribution is -0.387. The number of carbonyl (C=O) groups is 2. The molecule has 1 N–H and O–H groups in total. The van der Waals surface area contributed by atoms with Crippen molar-refractivity contribution >= 4 is 40.7 Å². The largest absolute Gasteiger partial charge is 0.452 e. The van der Waals surface area contributed by atoms with Crippen LogP contribution in [0.2, 0.25) is 0 Å². The molecular formula is C17H19N3O5S2. The van der Waals surface area contributed by atoms with Crippen LogP contribution < -0.4 is 5.32 Å². The average Bonchev–Trinajstić information content (AvgIpc) is 3.04. The first-order valence-electron chi connectivity index (χ1n) is 8.23. The van der Waals surface area contributed by atoms with Gasteiger partial charge in [0.1, 0.15) is 0 Å². The molecule has 0 aliphatic carbocycles. The van der Waals surface area contributed by atoms with Crippen molar-refractivity contribution in [3.63, 3.8) is 0 Å². The van der Waals surface area contributed by atoms with E-state index in [0.717, 1.165) is 36.4 Å². The fourth-order valence-corrected chi connectivity index (χ4v) is 3.90. The van der Waals surface area contributed by atoms with Gasteiger partial charge < -0.3 is 10.1 Å². The van der Waals surface area contributed by atoms with Crippen LogP contribution in [0.5, 0.6) is 0 Å². The Morgan fingerprint density at radius 1 is 1.41 bits per heavy atom. The summed E-state index contributed by atoms with van der Waals surface area (Å²) in [7, 11) is 0. The van der Waals surface area contributed by atoms with Crippen LogP contribution in [0.25, 0.3) is 0 Å². The highest BCUT2D eigenvalue weighted by Crippen LogP contribution is 2.36. The van der Waals surface area contributed by atoms with E-state index in [1.165, 1.54) is 23.5 Å². The molecule has 0 aliphatic heterocycles. The van der Waals surface area contributed by atoms with Crippen LogP contribution in [0, 0.1) is 17.0 Å². The number of rotatable bonds is 9. The second-order valence-corrected chi connectivity index (χ2v) is 7.72. The maximum atomic E-state index is 12.1. The van der Waals surface area contributed by atoms with Gasteiger partial charge in [0.05, 0.1) is 15.4 Å². The number of ether oxygens (including phenoxy) is 1. The molecule has 0 saturated heterocycles. The minimum atomic E-state index is -0.787. The molecule has 0 unspecified atom stereocenters. The zero-order chi connectivity index (χ0) is 19.8. The molecule has 0 bridgehead atoms. The molecule has 0 atom stereocenters. The van der Waals surface area contributed by atoms with Gasteiger partial charge in [-0.15, -0.1) is 11.3 Å². The topological polar surface area (TPSA) is 111 Å². The summed E-state index contributed by atoms with van der Waals surface area (Å²) in [5, 5.41) is 15.8. The van der Waals surface area contributed by atoms with E-state index >= 15 is 0 Å². The zero-order valence-corrected chi connectivity index (χ0v) is 16.5. The van der Waals surface area contributed by atoms with Crippen LogP contribution in [0.3, 0.4) is 0 Å². The van der Waals surface area contributed by atoms with E-state index in [2.05, 4.69) is 10.3 Å². The van der Waals surface area contributed by atoms with Crippen molar-refractivity contribution < 1.29 is 19.2 Å². The molecule has 1 aromatic heterocycles. The fraction of sp³-hybridized carbons (Fsp3) is 0.353. The quantitative estimate of drug-likeness (QED) is 0.291. The minimum Gasteiger partial charge on any atom is -0.452 e. The van der Waals surface area contributed by atoms with E-state index in [-0.39, 0.29) is 11.3 Å². The number of hydrogen-bond donors (Lipinski definition) is 1. The standard InChI is InChI=1S/C17H19N3O5S2/c1-3-4-7-18-15(21)9-25-16(22)12-5-6-14(13(8-12)20(23)24)27-17-19-11(2)10-26-17/h5-6,8,10H,3-4,7,9H2,1-2H3,(H,18,21). The molecule has 1 heterocycles. The Balaban J connectivity index is 2.04. The Kier molecular flexibility index (Phi) is 7.74. The number of nitro benzene ring substituents is 1. The number of nitrogens with zero attached hydrogens (tertiary/aromatic N) is 2. The van der Waals surface area contributed by atoms with Crippen molar-refractivity contribution in [1.29, 1.82) is 0 Å². The number of nitro groups is 1. The number of aryl methyl sites for hydroxylation is 1. The Hall–Kier alpha value is -2.46. The summed E-state index contributed by atoms with van der Waals surface area (Å²) >= 11 is 2.55. The van der Waals surface area contributed by atoms with E-state index in [4.69, 9.17) is 4.74 Å². The third-order valence-corrected chi connectivity index (χ3v) is 5.50. The van der Waals surface area contributed by atoms with E-state index in [1.807, 2.05) is 19.2 Å². The first-order chi connectivity index (χ1) is 12.9.